The van der Waals surface area contributed by atoms with E-state index in [9.17, 15) is 17.6 Å². The van der Waals surface area contributed by atoms with Crippen molar-refractivity contribution in [1.29, 1.82) is 0 Å². The molecule has 1 heterocycles. The average Bonchev–Trinajstić information content (AvgIpc) is 3.14. The number of H-pyrrole nitrogens is 1. The predicted octanol–water partition coefficient (Wildman–Crippen LogP) is 4.13. The number of benzene rings is 2. The van der Waals surface area contributed by atoms with Crippen molar-refractivity contribution >= 4 is 38.9 Å². The summed E-state index contributed by atoms with van der Waals surface area (Å²) < 4.78 is 41.6. The molecule has 0 bridgehead atoms. The monoisotopic (exact) mass is 448 g/mol. The summed E-state index contributed by atoms with van der Waals surface area (Å²) in [5.41, 5.74) is 2.28. The molecule has 156 valence electrons. The van der Waals surface area contributed by atoms with Crippen LogP contribution in [0.1, 0.15) is 34.6 Å². The first kappa shape index (κ1) is 20.4. The number of aryl methyl sites for hydroxylation is 1. The average molecular weight is 449 g/mol. The molecule has 1 aliphatic rings. The fourth-order valence-electron chi connectivity index (χ4n) is 3.42. The van der Waals surface area contributed by atoms with Gasteiger partial charge in [-0.25, -0.2) is 12.8 Å². The van der Waals surface area contributed by atoms with Gasteiger partial charge in [-0.15, -0.1) is 0 Å². The van der Waals surface area contributed by atoms with Crippen LogP contribution in [0.4, 0.5) is 15.8 Å². The van der Waals surface area contributed by atoms with Gasteiger partial charge in [0.25, 0.3) is 15.9 Å². The van der Waals surface area contributed by atoms with E-state index in [1.807, 2.05) is 0 Å². The van der Waals surface area contributed by atoms with Gasteiger partial charge in [0.05, 0.1) is 11.4 Å². The van der Waals surface area contributed by atoms with Gasteiger partial charge in [-0.05, 0) is 56.0 Å². The van der Waals surface area contributed by atoms with Crippen LogP contribution in [0.5, 0.6) is 0 Å². The Morgan fingerprint density at radius 1 is 1.10 bits per heavy atom. The standard InChI is InChI=1S/C20H18ClFN4O3S/c21-12-9-10-16(26-30(28,29)18-8-4-2-6-14(18)22)17(11-12)23-20(27)19-13-5-1-3-7-15(13)24-25-19/h2,4,6,8-11,26H,1,3,5,7H2,(H,23,27)(H,24,25). The highest BCUT2D eigenvalue weighted by Gasteiger charge is 2.24. The van der Waals surface area contributed by atoms with Crippen LogP contribution in [-0.2, 0) is 22.9 Å². The maximum absolute atomic E-state index is 14.0. The lowest BCUT2D eigenvalue weighted by Crippen LogP contribution is -2.19. The molecule has 0 unspecified atom stereocenters. The number of rotatable bonds is 5. The molecule has 0 saturated carbocycles. The molecule has 0 atom stereocenters. The maximum atomic E-state index is 14.0. The zero-order valence-electron chi connectivity index (χ0n) is 15.7. The summed E-state index contributed by atoms with van der Waals surface area (Å²) >= 11 is 6.04. The highest BCUT2D eigenvalue weighted by atomic mass is 35.5. The molecular formula is C20H18ClFN4O3S. The van der Waals surface area contributed by atoms with E-state index in [-0.39, 0.29) is 17.1 Å². The summed E-state index contributed by atoms with van der Waals surface area (Å²) in [5.74, 6) is -1.37. The number of sulfonamides is 1. The normalized spacial score (nSPS) is 13.5. The first-order valence-corrected chi connectivity index (χ1v) is 11.2. The molecule has 7 nitrogen and oxygen atoms in total. The number of anilines is 2. The van der Waals surface area contributed by atoms with Gasteiger partial charge in [0.15, 0.2) is 5.69 Å². The summed E-state index contributed by atoms with van der Waals surface area (Å²) in [6.07, 6.45) is 3.58. The summed E-state index contributed by atoms with van der Waals surface area (Å²) in [6.45, 7) is 0. The summed E-state index contributed by atoms with van der Waals surface area (Å²) in [4.78, 5) is 12.3. The second kappa shape index (κ2) is 8.08. The number of aromatic amines is 1. The number of nitrogens with zero attached hydrogens (tertiary/aromatic N) is 1. The lowest BCUT2D eigenvalue weighted by molar-refractivity contribution is 0.102. The number of halogens is 2. The quantitative estimate of drug-likeness (QED) is 0.545. The highest BCUT2D eigenvalue weighted by molar-refractivity contribution is 7.92. The van der Waals surface area contributed by atoms with Crippen molar-refractivity contribution in [1.82, 2.24) is 10.2 Å². The van der Waals surface area contributed by atoms with E-state index < -0.39 is 26.6 Å². The minimum atomic E-state index is -4.22. The van der Waals surface area contributed by atoms with Crippen molar-refractivity contribution in [2.75, 3.05) is 10.0 Å². The zero-order chi connectivity index (χ0) is 21.3. The van der Waals surface area contributed by atoms with E-state index in [1.165, 1.54) is 30.3 Å². The largest absolute Gasteiger partial charge is 0.319 e. The van der Waals surface area contributed by atoms with E-state index in [0.717, 1.165) is 49.1 Å². The van der Waals surface area contributed by atoms with Gasteiger partial charge < -0.3 is 5.32 Å². The first-order valence-electron chi connectivity index (χ1n) is 9.29. The Morgan fingerprint density at radius 2 is 1.87 bits per heavy atom. The van der Waals surface area contributed by atoms with Crippen LogP contribution in [0.15, 0.2) is 47.4 Å². The topological polar surface area (TPSA) is 104 Å². The summed E-state index contributed by atoms with van der Waals surface area (Å²) in [6, 6.07) is 9.30. The number of hydrogen-bond acceptors (Lipinski definition) is 4. The van der Waals surface area contributed by atoms with E-state index in [4.69, 9.17) is 11.6 Å². The molecule has 1 aromatic heterocycles. The molecular weight excluding hydrogens is 431 g/mol. The minimum Gasteiger partial charge on any atom is -0.319 e. The minimum absolute atomic E-state index is 0.0559. The second-order valence-electron chi connectivity index (χ2n) is 6.92. The van der Waals surface area contributed by atoms with Crippen LogP contribution in [0.3, 0.4) is 0 Å². The zero-order valence-corrected chi connectivity index (χ0v) is 17.3. The van der Waals surface area contributed by atoms with Gasteiger partial charge in [-0.3, -0.25) is 14.6 Å². The molecule has 1 aliphatic carbocycles. The van der Waals surface area contributed by atoms with Gasteiger partial charge in [0.2, 0.25) is 0 Å². The van der Waals surface area contributed by atoms with E-state index in [1.54, 1.807) is 0 Å². The molecule has 4 rings (SSSR count). The van der Waals surface area contributed by atoms with Crippen molar-refractivity contribution in [2.45, 2.75) is 30.6 Å². The number of fused-ring (bicyclic) bond motifs is 1. The molecule has 0 saturated heterocycles. The van der Waals surface area contributed by atoms with Gasteiger partial charge in [0, 0.05) is 16.3 Å². The van der Waals surface area contributed by atoms with Crippen LogP contribution in [0.2, 0.25) is 5.02 Å². The Hall–Kier alpha value is -2.91. The third-order valence-corrected chi connectivity index (χ3v) is 6.51. The molecule has 3 N–H and O–H groups in total. The van der Waals surface area contributed by atoms with E-state index in [2.05, 4.69) is 20.2 Å². The number of carbonyl (C=O) groups is 1. The van der Waals surface area contributed by atoms with Crippen molar-refractivity contribution < 1.29 is 17.6 Å². The highest BCUT2D eigenvalue weighted by Crippen LogP contribution is 2.30. The molecule has 30 heavy (non-hydrogen) atoms. The second-order valence-corrected chi connectivity index (χ2v) is 9.00. The van der Waals surface area contributed by atoms with Gasteiger partial charge in [-0.1, -0.05) is 23.7 Å². The predicted molar refractivity (Wildman–Crippen MR) is 112 cm³/mol. The number of aromatic nitrogens is 2. The van der Waals surface area contributed by atoms with Crippen molar-refractivity contribution in [2.24, 2.45) is 0 Å². The summed E-state index contributed by atoms with van der Waals surface area (Å²) in [5, 5.41) is 9.98. The van der Waals surface area contributed by atoms with Crippen molar-refractivity contribution in [3.8, 4) is 0 Å². The third kappa shape index (κ3) is 4.03. The fraction of sp³-hybridized carbons (Fsp3) is 0.200. The Bertz CT molecular complexity index is 1230. The van der Waals surface area contributed by atoms with Gasteiger partial charge in [0.1, 0.15) is 10.7 Å². The molecule has 1 amide bonds. The van der Waals surface area contributed by atoms with Crippen LogP contribution in [0, 0.1) is 5.82 Å². The molecule has 0 radical (unpaired) electrons. The Kier molecular flexibility index (Phi) is 5.48. The SMILES string of the molecule is O=C(Nc1cc(Cl)ccc1NS(=O)(=O)c1ccccc1F)c1n[nH]c2c1CCCC2. The molecule has 0 fully saturated rings. The van der Waals surface area contributed by atoms with E-state index >= 15 is 0 Å². The molecule has 2 aromatic carbocycles. The van der Waals surface area contributed by atoms with Gasteiger partial charge >= 0.3 is 0 Å². The maximum Gasteiger partial charge on any atom is 0.276 e. The van der Waals surface area contributed by atoms with Crippen LogP contribution in [0.25, 0.3) is 0 Å². The Morgan fingerprint density at radius 3 is 2.67 bits per heavy atom. The van der Waals surface area contributed by atoms with E-state index in [0.29, 0.717) is 5.02 Å². The van der Waals surface area contributed by atoms with Crippen LogP contribution >= 0.6 is 11.6 Å². The number of carbonyl (C=O) groups excluding carboxylic acids is 1. The smallest absolute Gasteiger partial charge is 0.276 e. The number of hydrogen-bond donors (Lipinski definition) is 3. The summed E-state index contributed by atoms with van der Waals surface area (Å²) in [7, 11) is -4.22. The van der Waals surface area contributed by atoms with Crippen LogP contribution in [-0.4, -0.2) is 24.5 Å². The number of amides is 1. The first-order chi connectivity index (χ1) is 14.3. The fourth-order valence-corrected chi connectivity index (χ4v) is 4.75. The third-order valence-electron chi connectivity index (χ3n) is 4.87. The van der Waals surface area contributed by atoms with Crippen LogP contribution < -0.4 is 10.0 Å². The number of nitrogens with one attached hydrogen (secondary N) is 3. The lowest BCUT2D eigenvalue weighted by atomic mass is 9.96. The Balaban J connectivity index is 1.64. The van der Waals surface area contributed by atoms with Crippen molar-refractivity contribution in [3.05, 3.63) is 70.3 Å². The molecule has 3 aromatic rings. The molecule has 0 aliphatic heterocycles. The molecule has 10 heteroatoms. The Labute approximate surface area is 177 Å². The lowest BCUT2D eigenvalue weighted by Gasteiger charge is -2.15. The molecule has 0 spiro atoms. The van der Waals surface area contributed by atoms with Crippen molar-refractivity contribution in [3.63, 3.8) is 0 Å². The van der Waals surface area contributed by atoms with Gasteiger partial charge in [-0.2, -0.15) is 5.10 Å².